The molecule has 20 heavy (non-hydrogen) atoms. The van der Waals surface area contributed by atoms with Gasteiger partial charge in [0.15, 0.2) is 18.1 Å². The van der Waals surface area contributed by atoms with E-state index < -0.39 is 0 Å². The molecule has 1 aromatic carbocycles. The topological polar surface area (TPSA) is 83.4 Å². The highest BCUT2D eigenvalue weighted by Gasteiger charge is 2.13. The molecule has 0 aliphatic carbocycles. The van der Waals surface area contributed by atoms with Crippen molar-refractivity contribution in [1.82, 2.24) is 10.2 Å². The van der Waals surface area contributed by atoms with Crippen molar-refractivity contribution in [3.63, 3.8) is 0 Å². The molecule has 6 nitrogen and oxygen atoms in total. The number of ether oxygens (including phenoxy) is 2. The molecule has 0 aliphatic heterocycles. The van der Waals surface area contributed by atoms with Crippen molar-refractivity contribution in [3.05, 3.63) is 35.5 Å². The van der Waals surface area contributed by atoms with Crippen LogP contribution in [-0.4, -0.2) is 23.3 Å². The molecule has 0 saturated heterocycles. The molecule has 1 unspecified atom stereocenters. The largest absolute Gasteiger partial charge is 0.493 e. The van der Waals surface area contributed by atoms with Gasteiger partial charge in [-0.1, -0.05) is 12.1 Å². The fourth-order valence-electron chi connectivity index (χ4n) is 1.92. The summed E-state index contributed by atoms with van der Waals surface area (Å²) in [6.45, 7) is 3.89. The highest BCUT2D eigenvalue weighted by atomic mass is 16.5. The summed E-state index contributed by atoms with van der Waals surface area (Å²) in [6, 6.07) is 5.77. The Hall–Kier alpha value is -2.08. The number of methoxy groups -OCH3 is 1. The Morgan fingerprint density at radius 1 is 1.35 bits per heavy atom. The number of nitrogens with two attached hydrogens (primary N) is 1. The Morgan fingerprint density at radius 3 is 2.75 bits per heavy atom. The first-order valence-corrected chi connectivity index (χ1v) is 6.43. The fourth-order valence-corrected chi connectivity index (χ4v) is 1.92. The summed E-state index contributed by atoms with van der Waals surface area (Å²) in [6.07, 6.45) is 0.704. The average Bonchev–Trinajstić information content (AvgIpc) is 2.82. The minimum atomic E-state index is 0.0371. The Balaban J connectivity index is 2.19. The summed E-state index contributed by atoms with van der Waals surface area (Å²) in [5, 5.41) is 7.66. The van der Waals surface area contributed by atoms with Gasteiger partial charge < -0.3 is 19.6 Å². The quantitative estimate of drug-likeness (QED) is 0.867. The van der Waals surface area contributed by atoms with E-state index in [0.29, 0.717) is 29.7 Å². The van der Waals surface area contributed by atoms with E-state index in [4.69, 9.17) is 19.6 Å². The maximum atomic E-state index is 5.86. The third-order valence-corrected chi connectivity index (χ3v) is 2.73. The lowest BCUT2D eigenvalue weighted by Crippen LogP contribution is -2.18. The van der Waals surface area contributed by atoms with E-state index in [1.165, 1.54) is 0 Å². The number of benzene rings is 1. The van der Waals surface area contributed by atoms with Crippen molar-refractivity contribution in [1.29, 1.82) is 0 Å². The van der Waals surface area contributed by atoms with Crippen molar-refractivity contribution in [3.8, 4) is 11.5 Å². The van der Waals surface area contributed by atoms with Gasteiger partial charge in [-0.2, -0.15) is 0 Å². The zero-order valence-electron chi connectivity index (χ0n) is 11.9. The van der Waals surface area contributed by atoms with Crippen LogP contribution in [0.15, 0.2) is 22.6 Å². The van der Waals surface area contributed by atoms with Crippen LogP contribution in [0.1, 0.15) is 24.3 Å². The minimum absolute atomic E-state index is 0.0371. The van der Waals surface area contributed by atoms with Gasteiger partial charge in [0.1, 0.15) is 0 Å². The van der Waals surface area contributed by atoms with E-state index in [9.17, 15) is 0 Å². The summed E-state index contributed by atoms with van der Waals surface area (Å²) in [5.74, 6) is 2.28. The molecule has 1 aromatic heterocycles. The van der Waals surface area contributed by atoms with Gasteiger partial charge >= 0.3 is 0 Å². The standard InChI is InChI=1S/C14H19N3O3/c1-9(15)7-11-5-4-6-12(18-3)14(11)19-8-13-17-16-10(2)20-13/h4-6,9H,7-8,15H2,1-3H3. The van der Waals surface area contributed by atoms with Gasteiger partial charge in [-0.25, -0.2) is 0 Å². The Morgan fingerprint density at radius 2 is 2.15 bits per heavy atom. The SMILES string of the molecule is COc1cccc(CC(C)N)c1OCc1nnc(C)o1. The molecule has 0 bridgehead atoms. The molecular weight excluding hydrogens is 258 g/mol. The fraction of sp³-hybridized carbons (Fsp3) is 0.429. The van der Waals surface area contributed by atoms with Crippen LogP contribution in [-0.2, 0) is 13.0 Å². The predicted octanol–water partition coefficient (Wildman–Crippen LogP) is 1.86. The minimum Gasteiger partial charge on any atom is -0.493 e. The van der Waals surface area contributed by atoms with Crippen LogP contribution in [0.4, 0.5) is 0 Å². The smallest absolute Gasteiger partial charge is 0.253 e. The highest BCUT2D eigenvalue weighted by Crippen LogP contribution is 2.32. The molecule has 6 heteroatoms. The van der Waals surface area contributed by atoms with Crippen LogP contribution in [0.3, 0.4) is 0 Å². The van der Waals surface area contributed by atoms with Crippen molar-refractivity contribution in [2.45, 2.75) is 32.9 Å². The number of aryl methyl sites for hydroxylation is 1. The lowest BCUT2D eigenvalue weighted by molar-refractivity contribution is 0.245. The molecule has 0 spiro atoms. The first kappa shape index (κ1) is 14.3. The Kier molecular flexibility index (Phi) is 4.57. The van der Waals surface area contributed by atoms with Crippen LogP contribution >= 0.6 is 0 Å². The normalized spacial score (nSPS) is 12.2. The molecule has 2 N–H and O–H groups in total. The molecule has 0 radical (unpaired) electrons. The third kappa shape index (κ3) is 3.48. The van der Waals surface area contributed by atoms with Crippen LogP contribution in [0.25, 0.3) is 0 Å². The van der Waals surface area contributed by atoms with E-state index in [0.717, 1.165) is 5.56 Å². The maximum Gasteiger partial charge on any atom is 0.253 e. The molecule has 0 aliphatic rings. The van der Waals surface area contributed by atoms with E-state index in [1.54, 1.807) is 14.0 Å². The van der Waals surface area contributed by atoms with Crippen molar-refractivity contribution < 1.29 is 13.9 Å². The molecule has 108 valence electrons. The van der Waals surface area contributed by atoms with E-state index in [2.05, 4.69) is 10.2 Å². The van der Waals surface area contributed by atoms with Crippen molar-refractivity contribution in [2.75, 3.05) is 7.11 Å². The maximum absolute atomic E-state index is 5.86. The van der Waals surface area contributed by atoms with Crippen LogP contribution in [0.2, 0.25) is 0 Å². The Labute approximate surface area is 117 Å². The van der Waals surface area contributed by atoms with Gasteiger partial charge in [-0.05, 0) is 25.0 Å². The van der Waals surface area contributed by atoms with E-state index in [-0.39, 0.29) is 12.6 Å². The molecule has 2 aromatic rings. The number of para-hydroxylation sites is 1. The summed E-state index contributed by atoms with van der Waals surface area (Å²) in [5.41, 5.74) is 6.85. The molecule has 0 saturated carbocycles. The van der Waals surface area contributed by atoms with Gasteiger partial charge in [-0.3, -0.25) is 0 Å². The van der Waals surface area contributed by atoms with Gasteiger partial charge in [0.25, 0.3) is 5.89 Å². The number of nitrogens with zero attached hydrogens (tertiary/aromatic N) is 2. The van der Waals surface area contributed by atoms with Gasteiger partial charge in [0, 0.05) is 13.0 Å². The summed E-state index contributed by atoms with van der Waals surface area (Å²) in [7, 11) is 1.61. The zero-order chi connectivity index (χ0) is 14.5. The molecule has 1 atom stereocenters. The van der Waals surface area contributed by atoms with Crippen LogP contribution in [0, 0.1) is 6.92 Å². The van der Waals surface area contributed by atoms with Gasteiger partial charge in [-0.15, -0.1) is 10.2 Å². The second kappa shape index (κ2) is 6.38. The summed E-state index contributed by atoms with van der Waals surface area (Å²) in [4.78, 5) is 0. The highest BCUT2D eigenvalue weighted by molar-refractivity contribution is 5.47. The zero-order valence-corrected chi connectivity index (χ0v) is 11.9. The van der Waals surface area contributed by atoms with Gasteiger partial charge in [0.05, 0.1) is 7.11 Å². The molecule has 2 rings (SSSR count). The van der Waals surface area contributed by atoms with E-state index >= 15 is 0 Å². The monoisotopic (exact) mass is 277 g/mol. The number of hydrogen-bond donors (Lipinski definition) is 1. The third-order valence-electron chi connectivity index (χ3n) is 2.73. The lowest BCUT2D eigenvalue weighted by atomic mass is 10.1. The average molecular weight is 277 g/mol. The first-order valence-electron chi connectivity index (χ1n) is 6.43. The number of rotatable bonds is 6. The van der Waals surface area contributed by atoms with Crippen LogP contribution < -0.4 is 15.2 Å². The Bertz CT molecular complexity index is 567. The lowest BCUT2D eigenvalue weighted by Gasteiger charge is -2.15. The number of aromatic nitrogens is 2. The predicted molar refractivity (Wildman–Crippen MR) is 73.7 cm³/mol. The molecule has 1 heterocycles. The molecular formula is C14H19N3O3. The summed E-state index contributed by atoms with van der Waals surface area (Å²) < 4.78 is 16.4. The number of hydrogen-bond acceptors (Lipinski definition) is 6. The van der Waals surface area contributed by atoms with Gasteiger partial charge in [0.2, 0.25) is 5.89 Å². The van der Waals surface area contributed by atoms with Crippen molar-refractivity contribution in [2.24, 2.45) is 5.73 Å². The summed E-state index contributed by atoms with van der Waals surface area (Å²) >= 11 is 0. The van der Waals surface area contributed by atoms with E-state index in [1.807, 2.05) is 25.1 Å². The molecule has 0 fully saturated rings. The molecule has 0 amide bonds. The second-order valence-electron chi connectivity index (χ2n) is 4.63. The first-order chi connectivity index (χ1) is 9.60. The van der Waals surface area contributed by atoms with Crippen LogP contribution in [0.5, 0.6) is 11.5 Å². The van der Waals surface area contributed by atoms with Crippen molar-refractivity contribution >= 4 is 0 Å². The second-order valence-corrected chi connectivity index (χ2v) is 4.63.